The van der Waals surface area contributed by atoms with Gasteiger partial charge in [-0.25, -0.2) is 0 Å². The molecule has 0 bridgehead atoms. The minimum Gasteiger partial charge on any atom is -0.455 e. The Labute approximate surface area is 382 Å². The predicted octanol–water partition coefficient (Wildman–Crippen LogP) is 17.1. The van der Waals surface area contributed by atoms with Crippen LogP contribution in [-0.2, 0) is 5.41 Å². The predicted molar refractivity (Wildman–Crippen MR) is 268 cm³/mol. The van der Waals surface area contributed by atoms with Crippen molar-refractivity contribution in [2.24, 2.45) is 0 Å². The summed E-state index contributed by atoms with van der Waals surface area (Å²) in [6.07, 6.45) is 0. The molecule has 0 saturated carbocycles. The van der Waals surface area contributed by atoms with Crippen LogP contribution in [0.1, 0.15) is 25.0 Å². The normalized spacial score (nSPS) is 13.3. The Balaban J connectivity index is 1.08. The van der Waals surface area contributed by atoms with E-state index in [4.69, 9.17) is 4.74 Å². The van der Waals surface area contributed by atoms with Crippen molar-refractivity contribution in [2.75, 3.05) is 4.90 Å². The third-order valence-corrected chi connectivity index (χ3v) is 15.3. The Morgan fingerprint density at radius 2 is 1.09 bits per heavy atom. The average molecular weight is 859 g/mol. The Morgan fingerprint density at radius 1 is 0.484 bits per heavy atom. The number of rotatable bonds is 7. The van der Waals surface area contributed by atoms with E-state index in [-0.39, 0.29) is 5.41 Å². The van der Waals surface area contributed by atoms with Crippen molar-refractivity contribution in [3.63, 3.8) is 0 Å². The molecule has 3 nitrogen and oxygen atoms in total. The van der Waals surface area contributed by atoms with E-state index in [0.29, 0.717) is 0 Å². The van der Waals surface area contributed by atoms with Crippen LogP contribution in [0.4, 0.5) is 17.1 Å². The van der Waals surface area contributed by atoms with Gasteiger partial charge in [0.1, 0.15) is 5.75 Å². The fraction of sp³-hybridized carbons (Fsp3) is 0.0508. The highest BCUT2D eigenvalue weighted by Gasteiger charge is 2.37. The topological polar surface area (TPSA) is 17.4 Å². The van der Waals surface area contributed by atoms with Crippen LogP contribution in [0.5, 0.6) is 11.5 Å². The Kier molecular flexibility index (Phi) is 9.36. The zero-order chi connectivity index (χ0) is 42.8. The van der Waals surface area contributed by atoms with E-state index in [0.717, 1.165) is 67.5 Å². The van der Waals surface area contributed by atoms with Gasteiger partial charge in [-0.15, -0.1) is 0 Å². The molecule has 0 amide bonds. The summed E-state index contributed by atoms with van der Waals surface area (Å²) in [7, 11) is 0. The van der Waals surface area contributed by atoms with E-state index in [1.165, 1.54) is 41.8 Å². The van der Waals surface area contributed by atoms with Crippen LogP contribution in [0, 0.1) is 0 Å². The molecule has 0 fully saturated rings. The van der Waals surface area contributed by atoms with Gasteiger partial charge in [-0.3, -0.25) is 0 Å². The maximum Gasteiger partial charge on any atom is 0.155 e. The van der Waals surface area contributed by atoms with Gasteiger partial charge in [0.25, 0.3) is 0 Å². The molecule has 0 spiro atoms. The van der Waals surface area contributed by atoms with Crippen LogP contribution in [0.25, 0.3) is 50.1 Å². The molecule has 9 aromatic carbocycles. The Bertz CT molecular complexity index is 3380. The molecular weight excluding hydrogens is 817 g/mol. The summed E-state index contributed by atoms with van der Waals surface area (Å²) in [5.41, 5.74) is 14.5. The van der Waals surface area contributed by atoms with Gasteiger partial charge in [0.2, 0.25) is 0 Å². The van der Waals surface area contributed by atoms with Gasteiger partial charge in [0, 0.05) is 64.1 Å². The van der Waals surface area contributed by atoms with E-state index < -0.39 is 0 Å². The second-order valence-electron chi connectivity index (χ2n) is 16.9. The Hall–Kier alpha value is -7.18. The molecule has 10 aromatic rings. The monoisotopic (exact) mass is 858 g/mol. The van der Waals surface area contributed by atoms with Gasteiger partial charge < -0.3 is 14.2 Å². The summed E-state index contributed by atoms with van der Waals surface area (Å²) in [5.74, 6) is 1.76. The van der Waals surface area contributed by atoms with Crippen LogP contribution >= 0.6 is 23.5 Å². The summed E-state index contributed by atoms with van der Waals surface area (Å²) in [6.45, 7) is 4.61. The maximum absolute atomic E-state index is 7.02. The van der Waals surface area contributed by atoms with E-state index in [1.807, 2.05) is 23.5 Å². The van der Waals surface area contributed by atoms with Gasteiger partial charge in [-0.2, -0.15) is 0 Å². The van der Waals surface area contributed by atoms with Crippen LogP contribution in [-0.4, -0.2) is 4.57 Å². The molecule has 0 aliphatic carbocycles. The fourth-order valence-electron chi connectivity index (χ4n) is 9.65. The minimum atomic E-state index is -0.279. The lowest BCUT2D eigenvalue weighted by molar-refractivity contribution is 0.419. The second-order valence-corrected chi connectivity index (χ2v) is 19.0. The van der Waals surface area contributed by atoms with Gasteiger partial charge in [-0.05, 0) is 95.1 Å². The van der Waals surface area contributed by atoms with Crippen LogP contribution in [0.3, 0.4) is 0 Å². The number of aromatic nitrogens is 1. The largest absolute Gasteiger partial charge is 0.455 e. The number of hydrogen-bond donors (Lipinski definition) is 0. The highest BCUT2D eigenvalue weighted by atomic mass is 32.2. The number of nitrogens with zero attached hydrogens (tertiary/aromatic N) is 2. The molecule has 64 heavy (non-hydrogen) atoms. The van der Waals surface area contributed by atoms with Crippen molar-refractivity contribution in [3.05, 3.63) is 230 Å². The second kappa shape index (κ2) is 15.6. The van der Waals surface area contributed by atoms with Crippen molar-refractivity contribution in [3.8, 4) is 50.7 Å². The summed E-state index contributed by atoms with van der Waals surface area (Å²) < 4.78 is 9.45. The smallest absolute Gasteiger partial charge is 0.155 e. The van der Waals surface area contributed by atoms with Crippen molar-refractivity contribution in [1.82, 2.24) is 4.57 Å². The molecule has 0 saturated heterocycles. The van der Waals surface area contributed by atoms with Gasteiger partial charge in [0.15, 0.2) is 5.75 Å². The third-order valence-electron chi connectivity index (χ3n) is 12.7. The first kappa shape index (κ1) is 38.5. The number of para-hydroxylation sites is 3. The van der Waals surface area contributed by atoms with Crippen molar-refractivity contribution >= 4 is 51.5 Å². The first-order valence-electron chi connectivity index (χ1n) is 21.8. The number of fused-ring (bicyclic) bond motifs is 5. The minimum absolute atomic E-state index is 0.279. The zero-order valence-electron chi connectivity index (χ0n) is 35.4. The average Bonchev–Trinajstić information content (AvgIpc) is 3.69. The highest BCUT2D eigenvalue weighted by molar-refractivity contribution is 8.05. The van der Waals surface area contributed by atoms with Crippen LogP contribution in [0.15, 0.2) is 238 Å². The molecule has 0 unspecified atom stereocenters. The number of ether oxygens (including phenoxy) is 1. The van der Waals surface area contributed by atoms with Gasteiger partial charge in [0.05, 0.1) is 16.9 Å². The number of hydrogen-bond acceptors (Lipinski definition) is 4. The van der Waals surface area contributed by atoms with Gasteiger partial charge in [-0.1, -0.05) is 183 Å². The molecule has 12 rings (SSSR count). The maximum atomic E-state index is 7.02. The van der Waals surface area contributed by atoms with E-state index in [2.05, 4.69) is 242 Å². The van der Waals surface area contributed by atoms with Crippen molar-refractivity contribution in [2.45, 2.75) is 38.8 Å². The molecule has 3 heterocycles. The molecule has 0 N–H and O–H groups in total. The molecule has 5 heteroatoms. The standard InChI is InChI=1S/C59H42N2OS2/c1-59(2)47-25-12-13-28-51(47)62-57-48(59)26-17-27-50(57)60(43-34-32-39(33-35-43)45-24-16-31-54-58(45)64-53-30-15-14-29-52(53)63-54)44-36-37-49-46(38-44)55(40-18-6-3-7-19-40)56(41-20-8-4-9-21-41)61(49)42-22-10-5-11-23-42/h3-38H,1-2H3. The first-order chi connectivity index (χ1) is 31.5. The quantitative estimate of drug-likeness (QED) is 0.159. The van der Waals surface area contributed by atoms with Crippen molar-refractivity contribution in [1.29, 1.82) is 0 Å². The lowest BCUT2D eigenvalue weighted by Gasteiger charge is -2.37. The van der Waals surface area contributed by atoms with Crippen molar-refractivity contribution < 1.29 is 4.74 Å². The van der Waals surface area contributed by atoms with Crippen LogP contribution in [0.2, 0.25) is 0 Å². The molecule has 1 aromatic heterocycles. The van der Waals surface area contributed by atoms with Gasteiger partial charge >= 0.3 is 0 Å². The molecule has 306 valence electrons. The van der Waals surface area contributed by atoms with E-state index in [1.54, 1.807) is 0 Å². The summed E-state index contributed by atoms with van der Waals surface area (Å²) in [6, 6.07) is 79.0. The zero-order valence-corrected chi connectivity index (χ0v) is 37.0. The summed E-state index contributed by atoms with van der Waals surface area (Å²) >= 11 is 3.73. The first-order valence-corrected chi connectivity index (χ1v) is 23.4. The van der Waals surface area contributed by atoms with E-state index >= 15 is 0 Å². The number of anilines is 3. The summed E-state index contributed by atoms with van der Waals surface area (Å²) in [5, 5.41) is 1.16. The summed E-state index contributed by atoms with van der Waals surface area (Å²) in [4.78, 5) is 7.60. The molecule has 2 aliphatic rings. The lowest BCUT2D eigenvalue weighted by atomic mass is 9.75. The molecular formula is C59H42N2OS2. The molecule has 0 radical (unpaired) electrons. The molecule has 0 atom stereocenters. The number of benzene rings is 9. The molecule has 2 aliphatic heterocycles. The fourth-order valence-corrected chi connectivity index (χ4v) is 12.1. The lowest BCUT2D eigenvalue weighted by Crippen LogP contribution is -2.25. The van der Waals surface area contributed by atoms with E-state index in [9.17, 15) is 0 Å². The van der Waals surface area contributed by atoms with Crippen LogP contribution < -0.4 is 9.64 Å². The third kappa shape index (κ3) is 6.38. The Morgan fingerprint density at radius 3 is 1.86 bits per heavy atom. The SMILES string of the molecule is CC1(C)c2ccccc2Oc2c(N(c3ccc(-c4cccc5c4Sc4ccccc4S5)cc3)c3ccc4c(c3)c(-c3ccccc3)c(-c3ccccc3)n4-c3ccccc3)cccc21. The highest BCUT2D eigenvalue weighted by Crippen LogP contribution is 2.55.